The predicted molar refractivity (Wildman–Crippen MR) is 82.8 cm³/mol. The smallest absolute Gasteiger partial charge is 0.257 e. The van der Waals surface area contributed by atoms with Gasteiger partial charge in [-0.1, -0.05) is 15.9 Å². The first-order chi connectivity index (χ1) is 9.51. The number of phenolic OH excluding ortho intramolecular Hbond substituents is 1. The Balaban J connectivity index is 2.13. The van der Waals surface area contributed by atoms with Crippen molar-refractivity contribution in [3.63, 3.8) is 0 Å². The van der Waals surface area contributed by atoms with Crippen molar-refractivity contribution in [3.05, 3.63) is 28.2 Å². The summed E-state index contributed by atoms with van der Waals surface area (Å²) in [7, 11) is 0. The van der Waals surface area contributed by atoms with Gasteiger partial charge in [0.2, 0.25) is 0 Å². The summed E-state index contributed by atoms with van der Waals surface area (Å²) in [6.07, 6.45) is 3.25. The SMILES string of the molecule is CSC1(C#N)CCN(C(=O)c2cc(Br)ccc2O)CC1. The van der Waals surface area contributed by atoms with Gasteiger partial charge in [0.05, 0.1) is 11.6 Å². The number of hydrogen-bond acceptors (Lipinski definition) is 4. The second-order valence-electron chi connectivity index (χ2n) is 4.76. The number of likely N-dealkylation sites (tertiary alicyclic amines) is 1. The van der Waals surface area contributed by atoms with Crippen LogP contribution in [0.25, 0.3) is 0 Å². The van der Waals surface area contributed by atoms with E-state index in [-0.39, 0.29) is 16.4 Å². The number of carbonyl (C=O) groups excluding carboxylic acids is 1. The fourth-order valence-corrected chi connectivity index (χ4v) is 3.33. The minimum Gasteiger partial charge on any atom is -0.507 e. The summed E-state index contributed by atoms with van der Waals surface area (Å²) < 4.78 is 0.377. The Labute approximate surface area is 130 Å². The summed E-state index contributed by atoms with van der Waals surface area (Å²) in [6, 6.07) is 7.17. The number of phenols is 1. The van der Waals surface area contributed by atoms with Gasteiger partial charge in [0.15, 0.2) is 0 Å². The number of nitrogens with zero attached hydrogens (tertiary/aromatic N) is 2. The molecule has 1 N–H and O–H groups in total. The Morgan fingerprint density at radius 2 is 2.15 bits per heavy atom. The molecule has 0 aliphatic carbocycles. The van der Waals surface area contributed by atoms with Crippen molar-refractivity contribution in [1.29, 1.82) is 5.26 Å². The third-order valence-corrected chi connectivity index (χ3v) is 5.42. The zero-order valence-corrected chi connectivity index (χ0v) is 13.5. The van der Waals surface area contributed by atoms with E-state index >= 15 is 0 Å². The van der Waals surface area contributed by atoms with Crippen LogP contribution < -0.4 is 0 Å². The molecule has 1 saturated heterocycles. The Hall–Kier alpha value is -1.19. The molecule has 0 atom stereocenters. The van der Waals surface area contributed by atoms with E-state index in [1.54, 1.807) is 28.8 Å². The number of amides is 1. The lowest BCUT2D eigenvalue weighted by Gasteiger charge is -2.36. The molecule has 1 fully saturated rings. The first-order valence-corrected chi connectivity index (χ1v) is 8.27. The van der Waals surface area contributed by atoms with Crippen molar-refractivity contribution in [2.45, 2.75) is 17.6 Å². The van der Waals surface area contributed by atoms with Gasteiger partial charge in [0, 0.05) is 17.6 Å². The van der Waals surface area contributed by atoms with Gasteiger partial charge < -0.3 is 10.0 Å². The lowest BCUT2D eigenvalue weighted by Crippen LogP contribution is -2.44. The lowest BCUT2D eigenvalue weighted by atomic mass is 9.96. The lowest BCUT2D eigenvalue weighted by molar-refractivity contribution is 0.0713. The third-order valence-electron chi connectivity index (χ3n) is 3.64. The van der Waals surface area contributed by atoms with Crippen molar-refractivity contribution in [2.24, 2.45) is 0 Å². The Bertz CT molecular complexity index is 563. The molecule has 106 valence electrons. The van der Waals surface area contributed by atoms with Gasteiger partial charge in [0.25, 0.3) is 5.91 Å². The molecule has 0 saturated carbocycles. The molecule has 0 spiro atoms. The van der Waals surface area contributed by atoms with Crippen LogP contribution in [0.4, 0.5) is 0 Å². The highest BCUT2D eigenvalue weighted by molar-refractivity contribution is 9.10. The topological polar surface area (TPSA) is 64.3 Å². The maximum Gasteiger partial charge on any atom is 0.257 e. The maximum atomic E-state index is 12.4. The highest BCUT2D eigenvalue weighted by Crippen LogP contribution is 2.34. The van der Waals surface area contributed by atoms with E-state index in [1.165, 1.54) is 6.07 Å². The number of thioether (sulfide) groups is 1. The van der Waals surface area contributed by atoms with Gasteiger partial charge in [-0.2, -0.15) is 5.26 Å². The number of benzene rings is 1. The van der Waals surface area contributed by atoms with E-state index in [0.29, 0.717) is 31.5 Å². The summed E-state index contributed by atoms with van der Waals surface area (Å²) in [5.41, 5.74) is 0.299. The normalized spacial score (nSPS) is 17.6. The molecule has 0 bridgehead atoms. The van der Waals surface area contributed by atoms with E-state index in [4.69, 9.17) is 0 Å². The molecule has 20 heavy (non-hydrogen) atoms. The molecular weight excluding hydrogens is 340 g/mol. The zero-order chi connectivity index (χ0) is 14.8. The molecule has 1 aliphatic heterocycles. The molecule has 6 heteroatoms. The molecular formula is C14H15BrN2O2S. The fraction of sp³-hybridized carbons (Fsp3) is 0.429. The molecule has 1 heterocycles. The summed E-state index contributed by atoms with van der Waals surface area (Å²) in [6.45, 7) is 1.08. The summed E-state index contributed by atoms with van der Waals surface area (Å²) in [4.78, 5) is 14.1. The molecule has 0 radical (unpaired) electrons. The van der Waals surface area contributed by atoms with Crippen LogP contribution in [0.15, 0.2) is 22.7 Å². The number of carbonyl (C=O) groups is 1. The standard InChI is InChI=1S/C14H15BrN2O2S/c1-20-14(9-16)4-6-17(7-5-14)13(19)11-8-10(15)2-3-12(11)18/h2-3,8,18H,4-7H2,1H3. The van der Waals surface area contributed by atoms with Gasteiger partial charge in [-0.15, -0.1) is 11.8 Å². The quantitative estimate of drug-likeness (QED) is 0.886. The van der Waals surface area contributed by atoms with Gasteiger partial charge >= 0.3 is 0 Å². The molecule has 2 rings (SSSR count). The second-order valence-corrected chi connectivity index (χ2v) is 6.87. The van der Waals surface area contributed by atoms with Crippen molar-refractivity contribution in [3.8, 4) is 11.8 Å². The Morgan fingerprint density at radius 3 is 2.70 bits per heavy atom. The third kappa shape index (κ3) is 2.94. The van der Waals surface area contributed by atoms with Crippen molar-refractivity contribution in [1.82, 2.24) is 4.90 Å². The first kappa shape index (κ1) is 15.2. The van der Waals surface area contributed by atoms with E-state index in [0.717, 1.165) is 4.47 Å². The van der Waals surface area contributed by atoms with Crippen LogP contribution >= 0.6 is 27.7 Å². The minimum atomic E-state index is -0.379. The van der Waals surface area contributed by atoms with Gasteiger partial charge in [-0.25, -0.2) is 0 Å². The minimum absolute atomic E-state index is 0.0137. The molecule has 1 aromatic rings. The monoisotopic (exact) mass is 354 g/mol. The Morgan fingerprint density at radius 1 is 1.50 bits per heavy atom. The average Bonchev–Trinajstić information content (AvgIpc) is 2.49. The molecule has 0 unspecified atom stereocenters. The van der Waals surface area contributed by atoms with Crippen molar-refractivity contribution in [2.75, 3.05) is 19.3 Å². The van der Waals surface area contributed by atoms with Crippen LogP contribution in [0.1, 0.15) is 23.2 Å². The summed E-state index contributed by atoms with van der Waals surface area (Å²) >= 11 is 4.85. The average molecular weight is 355 g/mol. The number of halogens is 1. The Kier molecular flexibility index (Phi) is 4.61. The molecule has 0 aromatic heterocycles. The van der Waals surface area contributed by atoms with E-state index < -0.39 is 0 Å². The molecule has 1 aromatic carbocycles. The first-order valence-electron chi connectivity index (χ1n) is 6.25. The maximum absolute atomic E-state index is 12.4. The fourth-order valence-electron chi connectivity index (χ4n) is 2.28. The number of rotatable bonds is 2. The van der Waals surface area contributed by atoms with Crippen LogP contribution in [0.5, 0.6) is 5.75 Å². The predicted octanol–water partition coefficient (Wildman–Crippen LogP) is 3.02. The van der Waals surface area contributed by atoms with Crippen LogP contribution in [0, 0.1) is 11.3 Å². The zero-order valence-electron chi connectivity index (χ0n) is 11.1. The van der Waals surface area contributed by atoms with Crippen LogP contribution in [-0.4, -0.2) is 40.0 Å². The largest absolute Gasteiger partial charge is 0.507 e. The molecule has 4 nitrogen and oxygen atoms in total. The van der Waals surface area contributed by atoms with Crippen LogP contribution in [-0.2, 0) is 0 Å². The number of hydrogen-bond donors (Lipinski definition) is 1. The molecule has 1 aliphatic rings. The van der Waals surface area contributed by atoms with E-state index in [1.807, 2.05) is 6.26 Å². The van der Waals surface area contributed by atoms with Crippen molar-refractivity contribution >= 4 is 33.6 Å². The van der Waals surface area contributed by atoms with Gasteiger partial charge in [0.1, 0.15) is 10.5 Å². The van der Waals surface area contributed by atoms with E-state index in [2.05, 4.69) is 22.0 Å². The summed E-state index contributed by atoms with van der Waals surface area (Å²) in [5.74, 6) is -0.198. The highest BCUT2D eigenvalue weighted by Gasteiger charge is 2.36. The number of aromatic hydroxyl groups is 1. The molecule has 1 amide bonds. The number of nitriles is 1. The van der Waals surface area contributed by atoms with Crippen LogP contribution in [0.2, 0.25) is 0 Å². The summed E-state index contributed by atoms with van der Waals surface area (Å²) in [5, 5.41) is 19.0. The van der Waals surface area contributed by atoms with Gasteiger partial charge in [-0.3, -0.25) is 4.79 Å². The van der Waals surface area contributed by atoms with Crippen LogP contribution in [0.3, 0.4) is 0 Å². The second kappa shape index (κ2) is 6.06. The number of piperidine rings is 1. The van der Waals surface area contributed by atoms with Gasteiger partial charge in [-0.05, 0) is 37.3 Å². The van der Waals surface area contributed by atoms with E-state index in [9.17, 15) is 15.2 Å². The highest BCUT2D eigenvalue weighted by atomic mass is 79.9. The van der Waals surface area contributed by atoms with Crippen molar-refractivity contribution < 1.29 is 9.90 Å².